The first-order valence-corrected chi connectivity index (χ1v) is 15.1. The van der Waals surface area contributed by atoms with Gasteiger partial charge in [0.2, 0.25) is 11.8 Å². The Morgan fingerprint density at radius 2 is 1.61 bits per heavy atom. The molecule has 0 heterocycles. The highest BCUT2D eigenvalue weighted by Gasteiger charge is 2.35. The molecule has 0 fully saturated rings. The second kappa shape index (κ2) is 15.0. The Balaban J connectivity index is 2.08. The Labute approximate surface area is 246 Å². The van der Waals surface area contributed by atoms with Crippen molar-refractivity contribution in [2.45, 2.75) is 38.8 Å². The molecule has 0 aliphatic heterocycles. The van der Waals surface area contributed by atoms with Gasteiger partial charge in [0.25, 0.3) is 0 Å². The molecule has 11 heteroatoms. The molecule has 0 saturated heterocycles. The minimum Gasteiger partial charge on any atom is -0.354 e. The third kappa shape index (κ3) is 8.76. The van der Waals surface area contributed by atoms with E-state index in [9.17, 15) is 22.4 Å². The number of amides is 2. The van der Waals surface area contributed by atoms with Crippen LogP contribution in [0.2, 0.25) is 5.02 Å². The summed E-state index contributed by atoms with van der Waals surface area (Å²) in [5, 5.41) is 3.37. The molecule has 0 aromatic heterocycles. The van der Waals surface area contributed by atoms with Crippen LogP contribution in [0.4, 0.5) is 10.1 Å². The van der Waals surface area contributed by atoms with Crippen LogP contribution in [0.25, 0.3) is 0 Å². The van der Waals surface area contributed by atoms with Crippen LogP contribution in [0.15, 0.2) is 78.9 Å². The fourth-order valence-electron chi connectivity index (χ4n) is 4.25. The highest BCUT2D eigenvalue weighted by molar-refractivity contribution is 7.90. The van der Waals surface area contributed by atoms with Crippen molar-refractivity contribution in [3.8, 4) is 0 Å². The van der Waals surface area contributed by atoms with Crippen LogP contribution < -0.4 is 9.62 Å². The molecule has 8 nitrogen and oxygen atoms in total. The van der Waals surface area contributed by atoms with Gasteiger partial charge in [0, 0.05) is 38.6 Å². The number of hydrogen-bond donors (Lipinski definition) is 1. The van der Waals surface area contributed by atoms with E-state index in [4.69, 9.17) is 11.6 Å². The molecular formula is C30H36ClFN4O4S. The highest BCUT2D eigenvalue weighted by Crippen LogP contribution is 2.24. The number of carbonyl (C=O) groups is 2. The number of anilines is 1. The van der Waals surface area contributed by atoms with Gasteiger partial charge in [-0.2, -0.15) is 12.7 Å². The summed E-state index contributed by atoms with van der Waals surface area (Å²) in [4.78, 5) is 29.1. The van der Waals surface area contributed by atoms with E-state index in [-0.39, 0.29) is 24.6 Å². The first kappa shape index (κ1) is 32.0. The molecule has 220 valence electrons. The monoisotopic (exact) mass is 602 g/mol. The number of rotatable bonds is 14. The van der Waals surface area contributed by atoms with Crippen molar-refractivity contribution in [3.05, 3.63) is 101 Å². The average Bonchev–Trinajstić information content (AvgIpc) is 2.94. The van der Waals surface area contributed by atoms with Crippen molar-refractivity contribution < 1.29 is 22.4 Å². The summed E-state index contributed by atoms with van der Waals surface area (Å²) < 4.78 is 43.2. The molecule has 1 atom stereocenters. The normalized spacial score (nSPS) is 12.1. The minimum atomic E-state index is -4.29. The van der Waals surface area contributed by atoms with Crippen LogP contribution in [-0.4, -0.2) is 62.7 Å². The third-order valence-electron chi connectivity index (χ3n) is 6.48. The maximum absolute atomic E-state index is 14.9. The fourth-order valence-corrected chi connectivity index (χ4v) is 5.53. The number of benzene rings is 3. The summed E-state index contributed by atoms with van der Waals surface area (Å²) in [6.07, 6.45) is 1.81. The molecule has 0 spiro atoms. The van der Waals surface area contributed by atoms with E-state index in [2.05, 4.69) is 5.32 Å². The zero-order valence-electron chi connectivity index (χ0n) is 23.5. The van der Waals surface area contributed by atoms with Gasteiger partial charge in [0.05, 0.1) is 5.69 Å². The van der Waals surface area contributed by atoms with E-state index in [1.807, 2.05) is 37.3 Å². The summed E-state index contributed by atoms with van der Waals surface area (Å²) in [7, 11) is -1.68. The summed E-state index contributed by atoms with van der Waals surface area (Å²) >= 11 is 6.22. The lowest BCUT2D eigenvalue weighted by Crippen LogP contribution is -2.54. The topological polar surface area (TPSA) is 90.0 Å². The fraction of sp³-hybridized carbons (Fsp3) is 0.333. The van der Waals surface area contributed by atoms with Gasteiger partial charge < -0.3 is 10.2 Å². The predicted octanol–water partition coefficient (Wildman–Crippen LogP) is 4.65. The molecule has 1 N–H and O–H groups in total. The van der Waals surface area contributed by atoms with Gasteiger partial charge >= 0.3 is 10.2 Å². The van der Waals surface area contributed by atoms with Gasteiger partial charge in [-0.25, -0.2) is 8.70 Å². The van der Waals surface area contributed by atoms with Crippen molar-refractivity contribution in [2.24, 2.45) is 0 Å². The van der Waals surface area contributed by atoms with Gasteiger partial charge in [0.15, 0.2) is 0 Å². The highest BCUT2D eigenvalue weighted by atomic mass is 35.5. The van der Waals surface area contributed by atoms with Gasteiger partial charge in [-0.1, -0.05) is 79.5 Å². The molecule has 2 amide bonds. The van der Waals surface area contributed by atoms with Crippen LogP contribution in [0, 0.1) is 5.82 Å². The first-order valence-electron chi connectivity index (χ1n) is 13.3. The number of nitrogens with zero attached hydrogens (tertiary/aromatic N) is 3. The summed E-state index contributed by atoms with van der Waals surface area (Å²) in [6, 6.07) is 20.5. The average molecular weight is 603 g/mol. The van der Waals surface area contributed by atoms with Crippen LogP contribution in [0.1, 0.15) is 30.9 Å². The van der Waals surface area contributed by atoms with Gasteiger partial charge in [-0.3, -0.25) is 9.59 Å². The van der Waals surface area contributed by atoms with E-state index in [0.29, 0.717) is 17.1 Å². The van der Waals surface area contributed by atoms with Crippen molar-refractivity contribution in [2.75, 3.05) is 31.5 Å². The number of para-hydroxylation sites is 1. The van der Waals surface area contributed by atoms with E-state index in [1.54, 1.807) is 24.3 Å². The van der Waals surface area contributed by atoms with Gasteiger partial charge in [0.1, 0.15) is 18.4 Å². The number of nitrogens with one attached hydrogen (secondary N) is 1. The molecule has 0 aliphatic carbocycles. The molecular weight excluding hydrogens is 567 g/mol. The van der Waals surface area contributed by atoms with Crippen molar-refractivity contribution in [1.82, 2.24) is 14.5 Å². The lowest BCUT2D eigenvalue weighted by atomic mass is 10.0. The van der Waals surface area contributed by atoms with Crippen LogP contribution in [-0.2, 0) is 32.8 Å². The van der Waals surface area contributed by atoms with Gasteiger partial charge in [-0.15, -0.1) is 0 Å². The maximum atomic E-state index is 14.9. The minimum absolute atomic E-state index is 0.0226. The standard InChI is InChI=1S/C30H36ClFN4O4S/c1-4-5-18-33-30(38)28(20-23-12-7-6-8-13-23)35(21-24-14-11-15-25(31)19-24)29(37)22-36(41(39,40)34(2)3)27-17-10-9-16-26(27)32/h6-17,19,28H,4-5,18,20-22H2,1-3H3,(H,33,38)/t28-/m0/s1. The zero-order chi connectivity index (χ0) is 30.0. The van der Waals surface area contributed by atoms with Crippen molar-refractivity contribution in [3.63, 3.8) is 0 Å². The number of unbranched alkanes of at least 4 members (excludes halogenated alkanes) is 1. The predicted molar refractivity (Wildman–Crippen MR) is 160 cm³/mol. The quantitative estimate of drug-likeness (QED) is 0.272. The van der Waals surface area contributed by atoms with Crippen LogP contribution >= 0.6 is 11.6 Å². The Bertz CT molecular complexity index is 1420. The van der Waals surface area contributed by atoms with Crippen LogP contribution in [0.3, 0.4) is 0 Å². The van der Waals surface area contributed by atoms with E-state index in [1.165, 1.54) is 37.2 Å². The van der Waals surface area contributed by atoms with E-state index >= 15 is 0 Å². The Hall–Kier alpha value is -3.47. The number of carbonyl (C=O) groups excluding carboxylic acids is 2. The molecule has 41 heavy (non-hydrogen) atoms. The lowest BCUT2D eigenvalue weighted by molar-refractivity contribution is -0.140. The van der Waals surface area contributed by atoms with E-state index < -0.39 is 34.5 Å². The molecule has 0 unspecified atom stereocenters. The maximum Gasteiger partial charge on any atom is 0.304 e. The number of halogens is 2. The third-order valence-corrected chi connectivity index (χ3v) is 8.52. The van der Waals surface area contributed by atoms with E-state index in [0.717, 1.165) is 33.1 Å². The summed E-state index contributed by atoms with van der Waals surface area (Å²) in [6.45, 7) is 1.68. The Kier molecular flexibility index (Phi) is 11.7. The zero-order valence-corrected chi connectivity index (χ0v) is 25.0. The van der Waals surface area contributed by atoms with Crippen molar-refractivity contribution >= 4 is 39.3 Å². The molecule has 0 saturated carbocycles. The summed E-state index contributed by atoms with van der Waals surface area (Å²) in [5.74, 6) is -1.85. The van der Waals surface area contributed by atoms with Crippen LogP contribution in [0.5, 0.6) is 0 Å². The number of hydrogen-bond acceptors (Lipinski definition) is 4. The largest absolute Gasteiger partial charge is 0.354 e. The Morgan fingerprint density at radius 3 is 2.24 bits per heavy atom. The van der Waals surface area contributed by atoms with Crippen molar-refractivity contribution in [1.29, 1.82) is 0 Å². The smallest absolute Gasteiger partial charge is 0.304 e. The first-order chi connectivity index (χ1) is 19.5. The molecule has 3 aromatic carbocycles. The molecule has 3 aromatic rings. The molecule has 0 aliphatic rings. The molecule has 0 bridgehead atoms. The second-order valence-corrected chi connectivity index (χ2v) is 12.3. The molecule has 0 radical (unpaired) electrons. The lowest BCUT2D eigenvalue weighted by Gasteiger charge is -2.34. The Morgan fingerprint density at radius 1 is 0.951 bits per heavy atom. The van der Waals surface area contributed by atoms with Gasteiger partial charge in [-0.05, 0) is 41.8 Å². The molecule has 3 rings (SSSR count). The second-order valence-electron chi connectivity index (χ2n) is 9.75. The SMILES string of the molecule is CCCCNC(=O)[C@H](Cc1ccccc1)N(Cc1cccc(Cl)c1)C(=O)CN(c1ccccc1F)S(=O)(=O)N(C)C. The summed E-state index contributed by atoms with van der Waals surface area (Å²) in [5.41, 5.74) is 1.20.